The van der Waals surface area contributed by atoms with Crippen LogP contribution in [0.5, 0.6) is 5.75 Å². The normalized spacial score (nSPS) is 11.7. The Bertz CT molecular complexity index is 1230. The molecule has 0 aliphatic rings. The molecule has 0 spiro atoms. The molecule has 0 aliphatic carbocycles. The van der Waals surface area contributed by atoms with Gasteiger partial charge in [-0.3, -0.25) is 4.79 Å². The smallest absolute Gasteiger partial charge is 0.314 e. The second kappa shape index (κ2) is 9.28. The summed E-state index contributed by atoms with van der Waals surface area (Å²) in [5, 5.41) is 4.76. The molecule has 156 valence electrons. The lowest BCUT2D eigenvalue weighted by atomic mass is 10.1. The van der Waals surface area contributed by atoms with Gasteiger partial charge in [-0.1, -0.05) is 42.0 Å². The molecule has 0 fully saturated rings. The van der Waals surface area contributed by atoms with E-state index >= 15 is 0 Å². The number of allylic oxidation sites excluding steroid dienone is 1. The number of halogens is 1. The quantitative estimate of drug-likeness (QED) is 0.401. The van der Waals surface area contributed by atoms with Crippen LogP contribution in [0.4, 0.5) is 0 Å². The molecule has 1 aromatic heterocycles. The van der Waals surface area contributed by atoms with Crippen LogP contribution in [0.1, 0.15) is 13.3 Å². The van der Waals surface area contributed by atoms with Crippen molar-refractivity contribution in [2.45, 2.75) is 18.2 Å². The van der Waals surface area contributed by atoms with E-state index in [1.807, 2.05) is 19.1 Å². The molecule has 8 heteroatoms. The molecule has 0 amide bonds. The standard InChI is InChI=1S/C22H21ClN2O4S/c1-3-4-5-13-29-21-20(16-9-11-19(12-10-16)30(2,27)28)15-24-25(22(21)26)18-8-6-7-17(23)14-18/h3-4,6-12,14-15H,5,13H2,1-2H3. The van der Waals surface area contributed by atoms with Gasteiger partial charge in [0.2, 0.25) is 0 Å². The molecule has 2 aromatic carbocycles. The van der Waals surface area contributed by atoms with E-state index in [1.165, 1.54) is 23.0 Å². The number of sulfone groups is 1. The highest BCUT2D eigenvalue weighted by molar-refractivity contribution is 7.90. The molecule has 0 bridgehead atoms. The fraction of sp³-hybridized carbons (Fsp3) is 0.182. The van der Waals surface area contributed by atoms with Crippen LogP contribution < -0.4 is 10.3 Å². The molecule has 3 aromatic rings. The summed E-state index contributed by atoms with van der Waals surface area (Å²) >= 11 is 6.05. The van der Waals surface area contributed by atoms with Crippen molar-refractivity contribution in [2.24, 2.45) is 0 Å². The summed E-state index contributed by atoms with van der Waals surface area (Å²) < 4.78 is 30.5. The number of aromatic nitrogens is 2. The van der Waals surface area contributed by atoms with E-state index in [1.54, 1.807) is 36.4 Å². The SMILES string of the molecule is CC=CCCOc1c(-c2ccc(S(C)(=O)=O)cc2)cnn(-c2cccc(Cl)c2)c1=O. The maximum atomic E-state index is 13.2. The highest BCUT2D eigenvalue weighted by Crippen LogP contribution is 2.28. The number of ether oxygens (including phenoxy) is 1. The monoisotopic (exact) mass is 444 g/mol. The lowest BCUT2D eigenvalue weighted by Gasteiger charge is -2.13. The van der Waals surface area contributed by atoms with Crippen LogP contribution in [0.2, 0.25) is 5.02 Å². The highest BCUT2D eigenvalue weighted by atomic mass is 35.5. The van der Waals surface area contributed by atoms with Crippen molar-refractivity contribution < 1.29 is 13.2 Å². The zero-order chi connectivity index (χ0) is 21.7. The zero-order valence-corrected chi connectivity index (χ0v) is 18.2. The van der Waals surface area contributed by atoms with Crippen LogP contribution in [0.25, 0.3) is 16.8 Å². The largest absolute Gasteiger partial charge is 0.487 e. The van der Waals surface area contributed by atoms with Crippen molar-refractivity contribution in [3.63, 3.8) is 0 Å². The first-order chi connectivity index (χ1) is 14.3. The summed E-state index contributed by atoms with van der Waals surface area (Å²) in [5.41, 5.74) is 1.21. The molecule has 6 nitrogen and oxygen atoms in total. The minimum Gasteiger partial charge on any atom is -0.487 e. The van der Waals surface area contributed by atoms with Gasteiger partial charge in [0.25, 0.3) is 0 Å². The first-order valence-electron chi connectivity index (χ1n) is 9.24. The molecule has 0 aliphatic heterocycles. The second-order valence-corrected chi connectivity index (χ2v) is 9.04. The maximum Gasteiger partial charge on any atom is 0.314 e. The van der Waals surface area contributed by atoms with Crippen molar-refractivity contribution in [3.05, 3.63) is 82.3 Å². The Morgan fingerprint density at radius 2 is 1.90 bits per heavy atom. The highest BCUT2D eigenvalue weighted by Gasteiger charge is 2.17. The summed E-state index contributed by atoms with van der Waals surface area (Å²) in [6.45, 7) is 2.22. The fourth-order valence-corrected chi connectivity index (χ4v) is 3.67. The number of hydrogen-bond acceptors (Lipinski definition) is 5. The predicted octanol–water partition coefficient (Wildman–Crippen LogP) is 4.30. The Morgan fingerprint density at radius 1 is 1.17 bits per heavy atom. The molecule has 0 radical (unpaired) electrons. The zero-order valence-electron chi connectivity index (χ0n) is 16.6. The molecule has 1 heterocycles. The Morgan fingerprint density at radius 3 is 2.53 bits per heavy atom. The fourth-order valence-electron chi connectivity index (χ4n) is 2.85. The first kappa shape index (κ1) is 21.8. The van der Waals surface area contributed by atoms with Gasteiger partial charge in [0.1, 0.15) is 0 Å². The van der Waals surface area contributed by atoms with Crippen molar-refractivity contribution >= 4 is 21.4 Å². The lowest BCUT2D eigenvalue weighted by molar-refractivity contribution is 0.319. The number of benzene rings is 2. The first-order valence-corrected chi connectivity index (χ1v) is 11.5. The summed E-state index contributed by atoms with van der Waals surface area (Å²) in [5.74, 6) is 0.140. The Hall–Kier alpha value is -2.90. The van der Waals surface area contributed by atoms with Gasteiger partial charge in [0.15, 0.2) is 15.6 Å². The van der Waals surface area contributed by atoms with Gasteiger partial charge in [-0.15, -0.1) is 0 Å². The van der Waals surface area contributed by atoms with Gasteiger partial charge in [-0.25, -0.2) is 8.42 Å². The number of rotatable bonds is 7. The van der Waals surface area contributed by atoms with E-state index in [2.05, 4.69) is 5.10 Å². The van der Waals surface area contributed by atoms with Crippen molar-refractivity contribution in [1.82, 2.24) is 9.78 Å². The van der Waals surface area contributed by atoms with E-state index in [4.69, 9.17) is 16.3 Å². The van der Waals surface area contributed by atoms with Gasteiger partial charge >= 0.3 is 5.56 Å². The minimum atomic E-state index is -3.32. The van der Waals surface area contributed by atoms with Crippen LogP contribution >= 0.6 is 11.6 Å². The van der Waals surface area contributed by atoms with Crippen LogP contribution in [-0.4, -0.2) is 31.1 Å². The average molecular weight is 445 g/mol. The molecular formula is C22H21ClN2O4S. The summed E-state index contributed by atoms with van der Waals surface area (Å²) in [6, 6.07) is 13.1. The molecule has 0 atom stereocenters. The van der Waals surface area contributed by atoms with Gasteiger partial charge < -0.3 is 4.74 Å². The Kier molecular flexibility index (Phi) is 6.74. The number of hydrogen-bond donors (Lipinski definition) is 0. The van der Waals surface area contributed by atoms with Crippen LogP contribution in [0.15, 0.2) is 76.6 Å². The summed E-state index contributed by atoms with van der Waals surface area (Å²) in [6.07, 6.45) is 7.17. The van der Waals surface area contributed by atoms with Crippen molar-refractivity contribution in [1.29, 1.82) is 0 Å². The van der Waals surface area contributed by atoms with Crippen molar-refractivity contribution in [2.75, 3.05) is 12.9 Å². The van der Waals surface area contributed by atoms with Crippen LogP contribution in [0, 0.1) is 0 Å². The maximum absolute atomic E-state index is 13.2. The van der Waals surface area contributed by atoms with Crippen molar-refractivity contribution in [3.8, 4) is 22.6 Å². The Labute approximate surface area is 180 Å². The molecule has 0 unspecified atom stereocenters. The van der Waals surface area contributed by atoms with Gasteiger partial charge in [0, 0.05) is 16.8 Å². The van der Waals surface area contributed by atoms with Crippen LogP contribution in [0.3, 0.4) is 0 Å². The second-order valence-electron chi connectivity index (χ2n) is 6.59. The molecule has 0 saturated carbocycles. The van der Waals surface area contributed by atoms with E-state index in [9.17, 15) is 13.2 Å². The van der Waals surface area contributed by atoms with E-state index in [0.717, 1.165) is 6.26 Å². The average Bonchev–Trinajstić information content (AvgIpc) is 2.71. The van der Waals surface area contributed by atoms with Gasteiger partial charge in [0.05, 0.1) is 23.4 Å². The number of nitrogens with zero attached hydrogens (tertiary/aromatic N) is 2. The van der Waals surface area contributed by atoms with E-state index in [-0.39, 0.29) is 10.6 Å². The molecule has 30 heavy (non-hydrogen) atoms. The Balaban J connectivity index is 2.10. The molecule has 0 saturated heterocycles. The van der Waals surface area contributed by atoms with E-state index < -0.39 is 15.4 Å². The van der Waals surface area contributed by atoms with Gasteiger partial charge in [-0.05, 0) is 49.2 Å². The molecular weight excluding hydrogens is 424 g/mol. The molecule has 0 N–H and O–H groups in total. The minimum absolute atomic E-state index is 0.140. The lowest BCUT2D eigenvalue weighted by Crippen LogP contribution is -2.24. The third-order valence-electron chi connectivity index (χ3n) is 4.35. The molecule has 3 rings (SSSR count). The third-order valence-corrected chi connectivity index (χ3v) is 5.71. The van der Waals surface area contributed by atoms with Crippen LogP contribution in [-0.2, 0) is 9.84 Å². The third kappa shape index (κ3) is 4.98. The topological polar surface area (TPSA) is 78.3 Å². The van der Waals surface area contributed by atoms with E-state index in [0.29, 0.717) is 34.9 Å². The predicted molar refractivity (Wildman–Crippen MR) is 118 cm³/mol. The summed E-state index contributed by atoms with van der Waals surface area (Å²) in [7, 11) is -3.32. The summed E-state index contributed by atoms with van der Waals surface area (Å²) in [4.78, 5) is 13.4. The van der Waals surface area contributed by atoms with Gasteiger partial charge in [-0.2, -0.15) is 9.78 Å².